The summed E-state index contributed by atoms with van der Waals surface area (Å²) in [6.45, 7) is 2.02. The fraction of sp³-hybridized carbons (Fsp3) is 0.462. The van der Waals surface area contributed by atoms with Gasteiger partial charge in [-0.15, -0.1) is 0 Å². The third kappa shape index (κ3) is 1.89. The second-order valence-corrected chi connectivity index (χ2v) is 4.14. The highest BCUT2D eigenvalue weighted by Gasteiger charge is 2.25. The normalized spacial score (nSPS) is 20.7. The maximum absolute atomic E-state index is 11.6. The van der Waals surface area contributed by atoms with Crippen molar-refractivity contribution in [3.8, 4) is 5.75 Å². The van der Waals surface area contributed by atoms with Crippen LogP contribution in [0.25, 0.3) is 0 Å². The molecule has 1 unspecified atom stereocenters. The van der Waals surface area contributed by atoms with Crippen LogP contribution in [-0.2, 0) is 4.79 Å². The topological polar surface area (TPSA) is 26.3 Å². The second kappa shape index (κ2) is 4.05. The van der Waals surface area contributed by atoms with E-state index >= 15 is 0 Å². The first-order valence-corrected chi connectivity index (χ1v) is 5.39. The molecule has 80 valence electrons. The summed E-state index contributed by atoms with van der Waals surface area (Å²) >= 11 is 0. The molecule has 0 radical (unpaired) electrons. The molecule has 1 saturated carbocycles. The number of methoxy groups -OCH3 is 1. The maximum atomic E-state index is 11.6. The molecule has 0 aromatic heterocycles. The molecule has 15 heavy (non-hydrogen) atoms. The minimum Gasteiger partial charge on any atom is -0.496 e. The van der Waals surface area contributed by atoms with Crippen LogP contribution in [-0.4, -0.2) is 12.9 Å². The smallest absolute Gasteiger partial charge is 0.140 e. The van der Waals surface area contributed by atoms with Gasteiger partial charge in [0.1, 0.15) is 11.5 Å². The summed E-state index contributed by atoms with van der Waals surface area (Å²) in [5, 5.41) is 0. The summed E-state index contributed by atoms with van der Waals surface area (Å²) in [4.78, 5) is 11.6. The van der Waals surface area contributed by atoms with Crippen LogP contribution in [0.3, 0.4) is 0 Å². The maximum Gasteiger partial charge on any atom is 0.140 e. The Hall–Kier alpha value is -1.31. The minimum atomic E-state index is 0.134. The minimum absolute atomic E-state index is 0.134. The van der Waals surface area contributed by atoms with Crippen molar-refractivity contribution in [1.82, 2.24) is 0 Å². The first-order chi connectivity index (χ1) is 7.22. The second-order valence-electron chi connectivity index (χ2n) is 4.14. The van der Waals surface area contributed by atoms with Crippen LogP contribution >= 0.6 is 0 Å². The number of benzene rings is 1. The van der Waals surface area contributed by atoms with Crippen molar-refractivity contribution >= 4 is 5.78 Å². The monoisotopic (exact) mass is 204 g/mol. The molecule has 1 aliphatic carbocycles. The molecule has 1 atom stereocenters. The number of Topliss-reactive ketones (excluding diaryl/α,β-unsaturated/α-hetero) is 1. The van der Waals surface area contributed by atoms with Gasteiger partial charge in [-0.1, -0.05) is 12.1 Å². The Morgan fingerprint density at radius 2 is 2.20 bits per heavy atom. The molecule has 0 N–H and O–H groups in total. The molecule has 1 fully saturated rings. The van der Waals surface area contributed by atoms with E-state index in [1.807, 2.05) is 19.1 Å². The van der Waals surface area contributed by atoms with Crippen LogP contribution < -0.4 is 4.74 Å². The highest BCUT2D eigenvalue weighted by atomic mass is 16.5. The lowest BCUT2D eigenvalue weighted by atomic mass is 9.95. The summed E-state index contributed by atoms with van der Waals surface area (Å²) in [5.41, 5.74) is 2.26. The highest BCUT2D eigenvalue weighted by molar-refractivity contribution is 5.87. The molecule has 2 rings (SSSR count). The molecule has 2 nitrogen and oxygen atoms in total. The molecule has 0 bridgehead atoms. The molecule has 2 heteroatoms. The zero-order chi connectivity index (χ0) is 10.8. The summed E-state index contributed by atoms with van der Waals surface area (Å²) in [7, 11) is 1.67. The van der Waals surface area contributed by atoms with E-state index in [1.54, 1.807) is 7.11 Å². The summed E-state index contributed by atoms with van der Waals surface area (Å²) in [5.74, 6) is 1.42. The largest absolute Gasteiger partial charge is 0.496 e. The van der Waals surface area contributed by atoms with Crippen LogP contribution in [0, 0.1) is 6.92 Å². The Labute approximate surface area is 90.3 Å². The first-order valence-electron chi connectivity index (χ1n) is 5.39. The van der Waals surface area contributed by atoms with E-state index < -0.39 is 0 Å². The van der Waals surface area contributed by atoms with Crippen molar-refractivity contribution in [2.75, 3.05) is 7.11 Å². The Kier molecular flexibility index (Phi) is 2.76. The Morgan fingerprint density at radius 3 is 2.73 bits per heavy atom. The van der Waals surface area contributed by atoms with E-state index in [4.69, 9.17) is 4.74 Å². The third-order valence-electron chi connectivity index (χ3n) is 3.13. The molecule has 0 aliphatic heterocycles. The van der Waals surface area contributed by atoms with Crippen LogP contribution in [0.4, 0.5) is 0 Å². The standard InChI is InChI=1S/C13H16O2/c1-9-8-10(6-7-13(9)15-2)11-4-3-5-12(11)14/h6-8,11H,3-5H2,1-2H3. The number of rotatable bonds is 2. The van der Waals surface area contributed by atoms with E-state index in [1.165, 1.54) is 0 Å². The van der Waals surface area contributed by atoms with Gasteiger partial charge in [-0.05, 0) is 37.0 Å². The van der Waals surface area contributed by atoms with E-state index in [-0.39, 0.29) is 5.92 Å². The molecule has 0 saturated heterocycles. The van der Waals surface area contributed by atoms with Crippen molar-refractivity contribution in [3.63, 3.8) is 0 Å². The predicted octanol–water partition coefficient (Wildman–Crippen LogP) is 2.84. The van der Waals surface area contributed by atoms with Gasteiger partial charge in [0.05, 0.1) is 7.11 Å². The van der Waals surface area contributed by atoms with Crippen molar-refractivity contribution in [2.24, 2.45) is 0 Å². The fourth-order valence-electron chi connectivity index (χ4n) is 2.29. The summed E-state index contributed by atoms with van der Waals surface area (Å²) < 4.78 is 5.20. The molecule has 0 heterocycles. The lowest BCUT2D eigenvalue weighted by Crippen LogP contribution is -2.04. The SMILES string of the molecule is COc1ccc(C2CCCC2=O)cc1C. The van der Waals surface area contributed by atoms with Crippen LogP contribution in [0.1, 0.15) is 36.3 Å². The molecule has 0 spiro atoms. The van der Waals surface area contributed by atoms with Crippen LogP contribution in [0.2, 0.25) is 0 Å². The number of hydrogen-bond acceptors (Lipinski definition) is 2. The Bertz CT molecular complexity index is 382. The average Bonchev–Trinajstić information content (AvgIpc) is 2.64. The van der Waals surface area contributed by atoms with E-state index in [0.29, 0.717) is 5.78 Å². The molecule has 1 aliphatic rings. The number of carbonyl (C=O) groups excluding carboxylic acids is 1. The van der Waals surface area contributed by atoms with E-state index in [2.05, 4.69) is 6.07 Å². The Morgan fingerprint density at radius 1 is 1.40 bits per heavy atom. The molecule has 1 aromatic carbocycles. The molecular weight excluding hydrogens is 188 g/mol. The van der Waals surface area contributed by atoms with Crippen molar-refractivity contribution in [1.29, 1.82) is 0 Å². The third-order valence-corrected chi connectivity index (χ3v) is 3.13. The lowest BCUT2D eigenvalue weighted by molar-refractivity contribution is -0.118. The van der Waals surface area contributed by atoms with Crippen LogP contribution in [0.5, 0.6) is 5.75 Å². The summed E-state index contributed by atoms with van der Waals surface area (Å²) in [6.07, 6.45) is 2.79. The number of hydrogen-bond donors (Lipinski definition) is 0. The lowest BCUT2D eigenvalue weighted by Gasteiger charge is -2.11. The van der Waals surface area contributed by atoms with Gasteiger partial charge < -0.3 is 4.74 Å². The number of carbonyl (C=O) groups is 1. The van der Waals surface area contributed by atoms with Gasteiger partial charge in [0, 0.05) is 12.3 Å². The van der Waals surface area contributed by atoms with Gasteiger partial charge >= 0.3 is 0 Å². The highest BCUT2D eigenvalue weighted by Crippen LogP contribution is 2.33. The number of ketones is 1. The van der Waals surface area contributed by atoms with Gasteiger partial charge in [-0.25, -0.2) is 0 Å². The van der Waals surface area contributed by atoms with Gasteiger partial charge in [0.15, 0.2) is 0 Å². The predicted molar refractivity (Wildman–Crippen MR) is 59.3 cm³/mol. The quantitative estimate of drug-likeness (QED) is 0.740. The zero-order valence-corrected chi connectivity index (χ0v) is 9.25. The van der Waals surface area contributed by atoms with E-state index in [0.717, 1.165) is 36.1 Å². The van der Waals surface area contributed by atoms with Crippen molar-refractivity contribution < 1.29 is 9.53 Å². The molecule has 1 aromatic rings. The van der Waals surface area contributed by atoms with Gasteiger partial charge in [-0.3, -0.25) is 4.79 Å². The molecule has 0 amide bonds. The first kappa shape index (κ1) is 10.2. The fourth-order valence-corrected chi connectivity index (χ4v) is 2.29. The van der Waals surface area contributed by atoms with Gasteiger partial charge in [-0.2, -0.15) is 0 Å². The Balaban J connectivity index is 2.29. The summed E-state index contributed by atoms with van der Waals surface area (Å²) in [6, 6.07) is 6.04. The van der Waals surface area contributed by atoms with E-state index in [9.17, 15) is 4.79 Å². The number of aryl methyl sites for hydroxylation is 1. The number of ether oxygens (including phenoxy) is 1. The average molecular weight is 204 g/mol. The molecular formula is C13H16O2. The van der Waals surface area contributed by atoms with Gasteiger partial charge in [0.2, 0.25) is 0 Å². The van der Waals surface area contributed by atoms with Crippen molar-refractivity contribution in [2.45, 2.75) is 32.1 Å². The zero-order valence-electron chi connectivity index (χ0n) is 9.25. The van der Waals surface area contributed by atoms with Gasteiger partial charge in [0.25, 0.3) is 0 Å². The van der Waals surface area contributed by atoms with Crippen molar-refractivity contribution in [3.05, 3.63) is 29.3 Å². The van der Waals surface area contributed by atoms with Crippen LogP contribution in [0.15, 0.2) is 18.2 Å².